The molecule has 0 unspecified atom stereocenters. The van der Waals surface area contributed by atoms with E-state index in [1.165, 1.54) is 0 Å². The van der Waals surface area contributed by atoms with Crippen molar-refractivity contribution >= 4 is 19.3 Å². The summed E-state index contributed by atoms with van der Waals surface area (Å²) in [7, 11) is 4.00. The molecule has 3 rings (SSSR count). The molecule has 0 radical (unpaired) electrons. The third-order valence-corrected chi connectivity index (χ3v) is 6.24. The molecule has 0 aromatic heterocycles. The van der Waals surface area contributed by atoms with Crippen LogP contribution in [0, 0.1) is 0 Å². The van der Waals surface area contributed by atoms with Crippen LogP contribution in [0.4, 0.5) is 4.79 Å². The molecule has 188 valence electrons. The van der Waals surface area contributed by atoms with E-state index in [1.54, 1.807) is 21.3 Å². The minimum absolute atomic E-state index is 0.154. The van der Waals surface area contributed by atoms with E-state index < -0.39 is 24.4 Å². The summed E-state index contributed by atoms with van der Waals surface area (Å²) in [6.45, 7) is 8.24. The topological polar surface area (TPSA) is 84.5 Å². The summed E-state index contributed by atoms with van der Waals surface area (Å²) in [5, 5.41) is 2.81. The fourth-order valence-corrected chi connectivity index (χ4v) is 3.54. The number of hydrogen-bond acceptors (Lipinski definition) is 7. The van der Waals surface area contributed by atoms with E-state index in [2.05, 4.69) is 5.32 Å². The van der Waals surface area contributed by atoms with Gasteiger partial charge in [0.2, 0.25) is 5.75 Å². The normalized spacial score (nSPS) is 16.5. The second-order valence-corrected chi connectivity index (χ2v) is 9.18. The van der Waals surface area contributed by atoms with Gasteiger partial charge in [0, 0.05) is 6.54 Å². The lowest BCUT2D eigenvalue weighted by molar-refractivity contribution is 0.00578. The van der Waals surface area contributed by atoms with Crippen molar-refractivity contribution in [3.63, 3.8) is 0 Å². The molecule has 0 spiro atoms. The number of methoxy groups -OCH3 is 3. The van der Waals surface area contributed by atoms with Crippen LogP contribution in [-0.2, 0) is 20.7 Å². The quantitative estimate of drug-likeness (QED) is 0.520. The zero-order valence-electron chi connectivity index (χ0n) is 21.5. The number of rotatable bonds is 9. The van der Waals surface area contributed by atoms with Gasteiger partial charge < -0.3 is 33.6 Å². The minimum Gasteiger partial charge on any atom is -0.493 e. The number of carbonyl (C=O) groups excluding carboxylic acids is 1. The Bertz CT molecular complexity index is 1010. The predicted molar refractivity (Wildman–Crippen MR) is 135 cm³/mol. The molecule has 0 saturated carbocycles. The maximum atomic E-state index is 12.4. The van der Waals surface area contributed by atoms with Crippen molar-refractivity contribution in [3.8, 4) is 17.2 Å². The Labute approximate surface area is 207 Å². The van der Waals surface area contributed by atoms with E-state index in [1.807, 2.05) is 76.2 Å². The lowest BCUT2D eigenvalue weighted by Crippen LogP contribution is -2.41. The molecular weight excluding hydrogens is 449 g/mol. The molecule has 0 aliphatic carbocycles. The third kappa shape index (κ3) is 6.29. The molecule has 35 heavy (non-hydrogen) atoms. The Hall–Kier alpha value is -3.17. The number of hydrogen-bond donors (Lipinski definition) is 1. The second kappa shape index (κ2) is 11.1. The van der Waals surface area contributed by atoms with Crippen molar-refractivity contribution in [2.24, 2.45) is 0 Å². The van der Waals surface area contributed by atoms with Gasteiger partial charge in [-0.3, -0.25) is 0 Å². The van der Waals surface area contributed by atoms with E-state index in [0.29, 0.717) is 22.7 Å². The fourth-order valence-electron chi connectivity index (χ4n) is 3.54. The monoisotopic (exact) mass is 483 g/mol. The van der Waals surface area contributed by atoms with Gasteiger partial charge >= 0.3 is 13.2 Å². The van der Waals surface area contributed by atoms with E-state index in [4.69, 9.17) is 28.3 Å². The Morgan fingerprint density at radius 1 is 0.943 bits per heavy atom. The minimum atomic E-state index is -0.673. The zero-order chi connectivity index (χ0) is 25.6. The summed E-state index contributed by atoms with van der Waals surface area (Å²) < 4.78 is 34.2. The van der Waals surface area contributed by atoms with Crippen LogP contribution in [0.25, 0.3) is 6.08 Å². The van der Waals surface area contributed by atoms with Crippen LogP contribution in [0.1, 0.15) is 38.8 Å². The summed E-state index contributed by atoms with van der Waals surface area (Å²) in [4.78, 5) is 12.4. The van der Waals surface area contributed by atoms with E-state index in [-0.39, 0.29) is 13.2 Å². The fraction of sp³-hybridized carbons (Fsp3) is 0.423. The predicted octanol–water partition coefficient (Wildman–Crippen LogP) is 4.65. The molecule has 0 bridgehead atoms. The molecule has 1 amide bonds. The van der Waals surface area contributed by atoms with Crippen LogP contribution in [0.2, 0.25) is 0 Å². The van der Waals surface area contributed by atoms with Crippen LogP contribution in [0.15, 0.2) is 47.9 Å². The van der Waals surface area contributed by atoms with Gasteiger partial charge in [0.1, 0.15) is 6.61 Å². The van der Waals surface area contributed by atoms with Gasteiger partial charge in [-0.1, -0.05) is 36.4 Å². The Morgan fingerprint density at radius 3 is 2.03 bits per heavy atom. The number of benzene rings is 2. The molecule has 1 aliphatic rings. The summed E-state index contributed by atoms with van der Waals surface area (Å²) >= 11 is 0. The van der Waals surface area contributed by atoms with Crippen LogP contribution < -0.4 is 19.5 Å². The summed E-state index contributed by atoms with van der Waals surface area (Å²) in [6, 6.07) is 13.1. The Morgan fingerprint density at radius 2 is 1.51 bits per heavy atom. The molecule has 9 heteroatoms. The molecule has 1 saturated heterocycles. The van der Waals surface area contributed by atoms with Crippen molar-refractivity contribution in [3.05, 3.63) is 59.1 Å². The van der Waals surface area contributed by atoms with Crippen LogP contribution >= 0.6 is 0 Å². The first-order valence-electron chi connectivity index (χ1n) is 11.4. The van der Waals surface area contributed by atoms with Gasteiger partial charge in [0.25, 0.3) is 0 Å². The number of nitrogens with one attached hydrogen (secondary N) is 1. The Kier molecular flexibility index (Phi) is 8.35. The number of ether oxygens (including phenoxy) is 4. The number of carbonyl (C=O) groups is 1. The van der Waals surface area contributed by atoms with E-state index in [9.17, 15) is 4.79 Å². The Balaban J connectivity index is 1.85. The molecule has 1 aliphatic heterocycles. The van der Waals surface area contributed by atoms with E-state index in [0.717, 1.165) is 11.1 Å². The molecule has 2 aromatic rings. The highest BCUT2D eigenvalue weighted by Gasteiger charge is 2.52. The molecule has 2 aromatic carbocycles. The standard InChI is InChI=1S/C26H34BNO7/c1-25(2)26(3,4)35-27(34-25)20(16-28-24(29)33-17-18-11-9-8-10-12-18)13-19-14-21(30-5)23(32-7)22(15-19)31-6/h8-15H,16-17H2,1-7H3,(H,28,29). The third-order valence-electron chi connectivity index (χ3n) is 6.24. The maximum absolute atomic E-state index is 12.4. The van der Waals surface area contributed by atoms with Crippen molar-refractivity contribution < 1.29 is 33.1 Å². The van der Waals surface area contributed by atoms with Gasteiger partial charge in [-0.05, 0) is 56.4 Å². The van der Waals surface area contributed by atoms with Gasteiger partial charge in [-0.25, -0.2) is 4.79 Å². The second-order valence-electron chi connectivity index (χ2n) is 9.18. The molecule has 1 N–H and O–H groups in total. The lowest BCUT2D eigenvalue weighted by Gasteiger charge is -2.32. The summed E-state index contributed by atoms with van der Waals surface area (Å²) in [5.74, 6) is 1.52. The maximum Gasteiger partial charge on any atom is 0.492 e. The van der Waals surface area contributed by atoms with Gasteiger partial charge in [-0.15, -0.1) is 0 Å². The van der Waals surface area contributed by atoms with Crippen LogP contribution in [-0.4, -0.2) is 52.3 Å². The first-order chi connectivity index (χ1) is 16.6. The van der Waals surface area contributed by atoms with Crippen molar-refractivity contribution in [1.82, 2.24) is 5.32 Å². The van der Waals surface area contributed by atoms with Crippen LogP contribution in [0.5, 0.6) is 17.2 Å². The number of alkyl carbamates (subject to hydrolysis) is 1. The smallest absolute Gasteiger partial charge is 0.492 e. The van der Waals surface area contributed by atoms with Crippen molar-refractivity contribution in [1.29, 1.82) is 0 Å². The largest absolute Gasteiger partial charge is 0.493 e. The lowest BCUT2D eigenvalue weighted by atomic mass is 9.77. The highest BCUT2D eigenvalue weighted by molar-refractivity contribution is 6.56. The summed E-state index contributed by atoms with van der Waals surface area (Å²) in [5.41, 5.74) is 1.29. The van der Waals surface area contributed by atoms with Gasteiger partial charge in [-0.2, -0.15) is 0 Å². The molecule has 1 fully saturated rings. The number of amides is 1. The molecule has 8 nitrogen and oxygen atoms in total. The SMILES string of the molecule is COc1cc(C=C(CNC(=O)OCc2ccccc2)B2OC(C)(C)C(C)(C)O2)cc(OC)c1OC. The average molecular weight is 483 g/mol. The van der Waals surface area contributed by atoms with Gasteiger partial charge in [0.05, 0.1) is 32.5 Å². The van der Waals surface area contributed by atoms with E-state index >= 15 is 0 Å². The van der Waals surface area contributed by atoms with Crippen molar-refractivity contribution in [2.75, 3.05) is 27.9 Å². The first kappa shape index (κ1) is 26.4. The van der Waals surface area contributed by atoms with Crippen molar-refractivity contribution in [2.45, 2.75) is 45.5 Å². The first-order valence-corrected chi connectivity index (χ1v) is 11.4. The van der Waals surface area contributed by atoms with Gasteiger partial charge in [0.15, 0.2) is 11.5 Å². The van der Waals surface area contributed by atoms with Crippen LogP contribution in [0.3, 0.4) is 0 Å². The highest BCUT2D eigenvalue weighted by atomic mass is 16.7. The highest BCUT2D eigenvalue weighted by Crippen LogP contribution is 2.41. The molecule has 0 atom stereocenters. The summed E-state index contributed by atoms with van der Waals surface area (Å²) in [6.07, 6.45) is 1.34. The molecule has 1 heterocycles. The molecular formula is C26H34BNO7. The average Bonchev–Trinajstić information content (AvgIpc) is 3.06. The zero-order valence-corrected chi connectivity index (χ0v) is 21.5.